The Kier molecular flexibility index (Phi) is 1.79. The van der Waals surface area contributed by atoms with E-state index >= 15 is 0 Å². The Morgan fingerprint density at radius 3 is 3.36 bits per heavy atom. The molecule has 0 fully saturated rings. The molecule has 0 spiro atoms. The van der Waals surface area contributed by atoms with Gasteiger partial charge in [-0.3, -0.25) is 4.98 Å². The van der Waals surface area contributed by atoms with Gasteiger partial charge in [-0.1, -0.05) is 23.8 Å². The minimum Gasteiger partial charge on any atom is -0.261 e. The molecule has 1 aliphatic carbocycles. The molecule has 0 bridgehead atoms. The van der Waals surface area contributed by atoms with Crippen LogP contribution in [0.4, 0.5) is 0 Å². The van der Waals surface area contributed by atoms with Crippen molar-refractivity contribution >= 4 is 7.28 Å². The van der Waals surface area contributed by atoms with Crippen LogP contribution in [0.2, 0.25) is 0 Å². The molecule has 0 aromatic carbocycles. The molecule has 1 atom stereocenters. The van der Waals surface area contributed by atoms with Crippen LogP contribution in [0.15, 0.2) is 42.0 Å². The Labute approximate surface area is 84.8 Å². The maximum Gasteiger partial charge on any atom is 0.163 e. The van der Waals surface area contributed by atoms with Gasteiger partial charge >= 0.3 is 0 Å². The summed E-state index contributed by atoms with van der Waals surface area (Å²) in [4.78, 5) is 4.53. The summed E-state index contributed by atoms with van der Waals surface area (Å²) in [7, 11) is 1.13. The van der Waals surface area contributed by atoms with Crippen LogP contribution in [0.25, 0.3) is 0 Å². The molecule has 0 N–H and O–H groups in total. The summed E-state index contributed by atoms with van der Waals surface area (Å²) in [5.74, 6) is 2.82. The van der Waals surface area contributed by atoms with E-state index < -0.39 is 0 Å². The number of fused-ring (bicyclic) bond motifs is 3. The van der Waals surface area contributed by atoms with Crippen LogP contribution in [0.5, 0.6) is 0 Å². The van der Waals surface area contributed by atoms with Crippen LogP contribution in [-0.4, -0.2) is 12.3 Å². The predicted octanol–water partition coefficient (Wildman–Crippen LogP) is 1.96. The summed E-state index contributed by atoms with van der Waals surface area (Å²) in [6.45, 7) is 0. The van der Waals surface area contributed by atoms with Crippen LogP contribution in [0.3, 0.4) is 0 Å². The highest BCUT2D eigenvalue weighted by atomic mass is 14.7. The van der Waals surface area contributed by atoms with Crippen molar-refractivity contribution in [1.29, 1.82) is 0 Å². The average molecular weight is 181 g/mol. The second-order valence-corrected chi connectivity index (χ2v) is 4.01. The van der Waals surface area contributed by atoms with Crippen LogP contribution in [-0.2, 0) is 6.42 Å². The Hall–Kier alpha value is -1.31. The Morgan fingerprint density at radius 1 is 1.36 bits per heavy atom. The molecule has 1 aromatic rings. The van der Waals surface area contributed by atoms with Gasteiger partial charge in [-0.05, 0) is 24.5 Å². The largest absolute Gasteiger partial charge is 0.261 e. The molecule has 14 heavy (non-hydrogen) atoms. The molecule has 1 unspecified atom stereocenters. The van der Waals surface area contributed by atoms with Crippen molar-refractivity contribution in [3.05, 3.63) is 53.3 Å². The second kappa shape index (κ2) is 3.12. The smallest absolute Gasteiger partial charge is 0.163 e. The lowest BCUT2D eigenvalue weighted by Gasteiger charge is -2.27. The third-order valence-corrected chi connectivity index (χ3v) is 3.20. The Morgan fingerprint density at radius 2 is 2.36 bits per heavy atom. The van der Waals surface area contributed by atoms with E-state index in [4.69, 9.17) is 0 Å². The summed E-state index contributed by atoms with van der Waals surface area (Å²) in [6, 6.07) is 4.27. The molecule has 1 aromatic heterocycles. The highest BCUT2D eigenvalue weighted by Crippen LogP contribution is 2.34. The molecule has 1 nitrogen and oxygen atoms in total. The lowest BCUT2D eigenvalue weighted by atomic mass is 9.55. The number of hydrogen-bond donors (Lipinski definition) is 0. The summed E-state index contributed by atoms with van der Waals surface area (Å²) < 4.78 is 0. The number of nitrogens with zero attached hydrogens (tertiary/aromatic N) is 1. The van der Waals surface area contributed by atoms with Gasteiger partial charge in [0.05, 0.1) is 0 Å². The maximum absolute atomic E-state index is 4.53. The molecule has 0 saturated heterocycles. The third-order valence-electron chi connectivity index (χ3n) is 3.20. The van der Waals surface area contributed by atoms with Crippen LogP contribution in [0.1, 0.15) is 23.5 Å². The van der Waals surface area contributed by atoms with Crippen LogP contribution < -0.4 is 0 Å². The van der Waals surface area contributed by atoms with Crippen molar-refractivity contribution in [3.63, 3.8) is 0 Å². The zero-order chi connectivity index (χ0) is 9.38. The molecule has 1 aliphatic heterocycles. The van der Waals surface area contributed by atoms with Gasteiger partial charge in [0.2, 0.25) is 0 Å². The van der Waals surface area contributed by atoms with E-state index in [0.29, 0.717) is 5.82 Å². The van der Waals surface area contributed by atoms with Crippen molar-refractivity contribution in [2.24, 2.45) is 0 Å². The molecular formula is C12H12BN. The van der Waals surface area contributed by atoms with Crippen molar-refractivity contribution in [1.82, 2.24) is 4.98 Å². The van der Waals surface area contributed by atoms with E-state index in [0.717, 1.165) is 7.28 Å². The minimum atomic E-state index is 0.574. The molecule has 2 heterocycles. The van der Waals surface area contributed by atoms with E-state index in [1.165, 1.54) is 24.1 Å². The molecule has 2 heteroatoms. The first kappa shape index (κ1) is 8.04. The van der Waals surface area contributed by atoms with E-state index in [-0.39, 0.29) is 0 Å². The number of aromatic nitrogens is 1. The Bertz CT molecular complexity index is 420. The zero-order valence-corrected chi connectivity index (χ0v) is 8.11. The monoisotopic (exact) mass is 181 g/mol. The SMILES string of the molecule is B1C=CC=C2CCc3cccnc3C12. The molecular weight excluding hydrogens is 169 g/mol. The standard InChI is InChI=1S/C12H12BN/c1-3-9-5-6-10-4-2-8-14-12(10)11(9)13-7-1/h1-4,7-8,11,13H,5-6H2. The number of aryl methyl sites for hydroxylation is 1. The highest BCUT2D eigenvalue weighted by Gasteiger charge is 2.25. The van der Waals surface area contributed by atoms with Gasteiger partial charge in [0, 0.05) is 17.7 Å². The van der Waals surface area contributed by atoms with Gasteiger partial charge in [0.1, 0.15) is 0 Å². The topological polar surface area (TPSA) is 12.9 Å². The van der Waals surface area contributed by atoms with Crippen molar-refractivity contribution in [2.45, 2.75) is 18.7 Å². The summed E-state index contributed by atoms with van der Waals surface area (Å²) in [5, 5.41) is 0. The summed E-state index contributed by atoms with van der Waals surface area (Å²) in [5.41, 5.74) is 4.33. The first-order valence-corrected chi connectivity index (χ1v) is 5.24. The molecule has 0 amide bonds. The molecule has 0 radical (unpaired) electrons. The van der Waals surface area contributed by atoms with E-state index in [1.807, 2.05) is 12.3 Å². The predicted molar refractivity (Wildman–Crippen MR) is 59.7 cm³/mol. The quantitative estimate of drug-likeness (QED) is 0.557. The van der Waals surface area contributed by atoms with Crippen LogP contribution >= 0.6 is 0 Å². The molecule has 0 saturated carbocycles. The number of allylic oxidation sites excluding steroid dienone is 3. The van der Waals surface area contributed by atoms with E-state index in [2.05, 4.69) is 29.2 Å². The lowest BCUT2D eigenvalue weighted by molar-refractivity contribution is 0.785. The van der Waals surface area contributed by atoms with Gasteiger partial charge in [-0.15, -0.1) is 5.98 Å². The fraction of sp³-hybridized carbons (Fsp3) is 0.250. The zero-order valence-electron chi connectivity index (χ0n) is 8.11. The van der Waals surface area contributed by atoms with Crippen molar-refractivity contribution < 1.29 is 0 Å². The number of hydrogen-bond acceptors (Lipinski definition) is 1. The van der Waals surface area contributed by atoms with Crippen molar-refractivity contribution in [2.75, 3.05) is 0 Å². The number of pyridine rings is 1. The molecule has 2 aliphatic rings. The lowest BCUT2D eigenvalue weighted by Crippen LogP contribution is -2.20. The van der Waals surface area contributed by atoms with Crippen LogP contribution in [0, 0.1) is 0 Å². The second-order valence-electron chi connectivity index (χ2n) is 4.01. The summed E-state index contributed by atoms with van der Waals surface area (Å²) >= 11 is 0. The van der Waals surface area contributed by atoms with Gasteiger partial charge in [0.15, 0.2) is 7.28 Å². The van der Waals surface area contributed by atoms with Crippen molar-refractivity contribution in [3.8, 4) is 0 Å². The average Bonchev–Trinajstić information content (AvgIpc) is 2.29. The first-order chi connectivity index (χ1) is 6.95. The molecule has 68 valence electrons. The van der Waals surface area contributed by atoms with E-state index in [1.54, 1.807) is 5.57 Å². The van der Waals surface area contributed by atoms with Gasteiger partial charge in [-0.25, -0.2) is 0 Å². The Balaban J connectivity index is 2.10. The maximum atomic E-state index is 4.53. The van der Waals surface area contributed by atoms with E-state index in [9.17, 15) is 0 Å². The van der Waals surface area contributed by atoms with Gasteiger partial charge < -0.3 is 0 Å². The minimum absolute atomic E-state index is 0.574. The van der Waals surface area contributed by atoms with Gasteiger partial charge in [-0.2, -0.15) is 0 Å². The highest BCUT2D eigenvalue weighted by molar-refractivity contribution is 6.45. The molecule has 3 rings (SSSR count). The van der Waals surface area contributed by atoms with Gasteiger partial charge in [0.25, 0.3) is 0 Å². The number of rotatable bonds is 0. The normalized spacial score (nSPS) is 23.1. The third kappa shape index (κ3) is 1.14. The fourth-order valence-corrected chi connectivity index (χ4v) is 2.47. The summed E-state index contributed by atoms with van der Waals surface area (Å²) in [6.07, 6.45) is 8.75. The fourth-order valence-electron chi connectivity index (χ4n) is 2.47. The first-order valence-electron chi connectivity index (χ1n) is 5.24.